The second-order valence-electron chi connectivity index (χ2n) is 7.86. The minimum absolute atomic E-state index is 0.0264. The number of hydrogen-bond acceptors (Lipinski definition) is 6. The maximum absolute atomic E-state index is 13.2. The molecule has 0 bridgehead atoms. The molecular formula is C25H29N3O4S. The van der Waals surface area contributed by atoms with Gasteiger partial charge in [-0.1, -0.05) is 36.4 Å². The zero-order valence-electron chi connectivity index (χ0n) is 19.4. The van der Waals surface area contributed by atoms with Crippen LogP contribution in [0.3, 0.4) is 0 Å². The minimum Gasteiger partial charge on any atom is -0.383 e. The lowest BCUT2D eigenvalue weighted by Gasteiger charge is -2.13. The number of methoxy groups -OCH3 is 1. The number of carbonyl (C=O) groups is 2. The molecule has 0 aliphatic heterocycles. The van der Waals surface area contributed by atoms with Crippen LogP contribution in [0.1, 0.15) is 45.2 Å². The van der Waals surface area contributed by atoms with Crippen LogP contribution in [0.4, 0.5) is 0 Å². The van der Waals surface area contributed by atoms with Crippen LogP contribution in [0.2, 0.25) is 0 Å². The van der Waals surface area contributed by atoms with E-state index in [4.69, 9.17) is 4.74 Å². The van der Waals surface area contributed by atoms with E-state index in [0.29, 0.717) is 46.9 Å². The van der Waals surface area contributed by atoms with Crippen molar-refractivity contribution in [2.75, 3.05) is 26.0 Å². The van der Waals surface area contributed by atoms with E-state index in [0.717, 1.165) is 17.5 Å². The molecule has 2 aromatic carbocycles. The summed E-state index contributed by atoms with van der Waals surface area (Å²) in [6, 6.07) is 10.7. The van der Waals surface area contributed by atoms with Crippen molar-refractivity contribution in [1.82, 2.24) is 14.9 Å². The Morgan fingerprint density at radius 3 is 2.67 bits per heavy atom. The fourth-order valence-electron chi connectivity index (χ4n) is 3.42. The molecule has 3 rings (SSSR count). The van der Waals surface area contributed by atoms with E-state index in [1.807, 2.05) is 39.0 Å². The molecule has 0 unspecified atom stereocenters. The van der Waals surface area contributed by atoms with Crippen LogP contribution in [0, 0.1) is 13.8 Å². The molecule has 1 aromatic heterocycles. The molecule has 1 heterocycles. The summed E-state index contributed by atoms with van der Waals surface area (Å²) >= 11 is 1.22. The van der Waals surface area contributed by atoms with E-state index < -0.39 is 0 Å². The van der Waals surface area contributed by atoms with Gasteiger partial charge < -0.3 is 10.1 Å². The number of nitrogens with one attached hydrogen (secondary N) is 1. The highest BCUT2D eigenvalue weighted by molar-refractivity contribution is 7.99. The first-order chi connectivity index (χ1) is 15.8. The first-order valence-corrected chi connectivity index (χ1v) is 11.9. The normalized spacial score (nSPS) is 11.0. The quantitative estimate of drug-likeness (QED) is 0.277. The van der Waals surface area contributed by atoms with Crippen molar-refractivity contribution in [3.8, 4) is 0 Å². The molecule has 7 nitrogen and oxygen atoms in total. The number of thioether (sulfide) groups is 1. The third-order valence-electron chi connectivity index (χ3n) is 5.26. The van der Waals surface area contributed by atoms with Crippen molar-refractivity contribution in [1.29, 1.82) is 0 Å². The predicted octanol–water partition coefficient (Wildman–Crippen LogP) is 3.77. The highest BCUT2D eigenvalue weighted by Crippen LogP contribution is 2.21. The first kappa shape index (κ1) is 24.7. The highest BCUT2D eigenvalue weighted by atomic mass is 32.2. The summed E-state index contributed by atoms with van der Waals surface area (Å²) in [6.07, 6.45) is 0.830. The number of nitrogens with zero attached hydrogens (tertiary/aromatic N) is 2. The van der Waals surface area contributed by atoms with E-state index in [9.17, 15) is 14.4 Å². The Hall–Kier alpha value is -2.97. The van der Waals surface area contributed by atoms with Gasteiger partial charge in [-0.2, -0.15) is 0 Å². The molecule has 0 aliphatic rings. The number of Topliss-reactive ketones (excluding diaryl/α,β-unsaturated/α-hetero) is 1. The van der Waals surface area contributed by atoms with Gasteiger partial charge in [-0.05, 0) is 50.1 Å². The van der Waals surface area contributed by atoms with Gasteiger partial charge in [0.2, 0.25) is 0 Å². The van der Waals surface area contributed by atoms with Gasteiger partial charge in [-0.3, -0.25) is 19.0 Å². The van der Waals surface area contributed by atoms with E-state index in [2.05, 4.69) is 10.3 Å². The summed E-state index contributed by atoms with van der Waals surface area (Å²) in [4.78, 5) is 43.1. The van der Waals surface area contributed by atoms with Crippen LogP contribution in [0.15, 0.2) is 46.3 Å². The second-order valence-corrected chi connectivity index (χ2v) is 8.80. The zero-order valence-corrected chi connectivity index (χ0v) is 20.3. The first-order valence-electron chi connectivity index (χ1n) is 10.9. The van der Waals surface area contributed by atoms with Gasteiger partial charge >= 0.3 is 0 Å². The number of aryl methyl sites for hydroxylation is 2. The topological polar surface area (TPSA) is 90.3 Å². The summed E-state index contributed by atoms with van der Waals surface area (Å²) in [5.41, 5.74) is 3.25. The summed E-state index contributed by atoms with van der Waals surface area (Å²) < 4.78 is 6.69. The summed E-state index contributed by atoms with van der Waals surface area (Å²) in [7, 11) is 1.57. The van der Waals surface area contributed by atoms with Crippen LogP contribution in [0.25, 0.3) is 10.9 Å². The van der Waals surface area contributed by atoms with Crippen molar-refractivity contribution in [3.63, 3.8) is 0 Å². The molecule has 33 heavy (non-hydrogen) atoms. The molecule has 0 atom stereocenters. The number of hydrogen-bond donors (Lipinski definition) is 1. The molecule has 1 N–H and O–H groups in total. The van der Waals surface area contributed by atoms with Crippen molar-refractivity contribution in [2.24, 2.45) is 0 Å². The van der Waals surface area contributed by atoms with E-state index in [-0.39, 0.29) is 23.0 Å². The maximum Gasteiger partial charge on any atom is 0.262 e. The van der Waals surface area contributed by atoms with Crippen LogP contribution in [0.5, 0.6) is 0 Å². The van der Waals surface area contributed by atoms with Gasteiger partial charge in [0.1, 0.15) is 0 Å². The van der Waals surface area contributed by atoms with E-state index >= 15 is 0 Å². The summed E-state index contributed by atoms with van der Waals surface area (Å²) in [5.74, 6) is -0.0868. The molecule has 0 fully saturated rings. The zero-order chi connectivity index (χ0) is 24.0. The Balaban J connectivity index is 1.96. The largest absolute Gasteiger partial charge is 0.383 e. The molecule has 0 radical (unpaired) electrons. The lowest BCUT2D eigenvalue weighted by molar-refractivity contribution is 0.0952. The van der Waals surface area contributed by atoms with Gasteiger partial charge in [0, 0.05) is 24.8 Å². The molecule has 0 saturated heterocycles. The minimum atomic E-state index is -0.223. The molecule has 174 valence electrons. The van der Waals surface area contributed by atoms with Crippen molar-refractivity contribution in [3.05, 3.63) is 69.0 Å². The monoisotopic (exact) mass is 467 g/mol. The molecule has 8 heteroatoms. The van der Waals surface area contributed by atoms with E-state index in [1.54, 1.807) is 25.3 Å². The third kappa shape index (κ3) is 5.89. The Morgan fingerprint density at radius 2 is 1.94 bits per heavy atom. The van der Waals surface area contributed by atoms with Crippen molar-refractivity contribution < 1.29 is 14.3 Å². The summed E-state index contributed by atoms with van der Waals surface area (Å²) in [6.45, 7) is 7.06. The van der Waals surface area contributed by atoms with Crippen LogP contribution in [-0.2, 0) is 11.3 Å². The average Bonchev–Trinajstić information content (AvgIpc) is 2.81. The lowest BCUT2D eigenvalue weighted by atomic mass is 10.0. The maximum atomic E-state index is 13.2. The molecule has 3 aromatic rings. The Morgan fingerprint density at radius 1 is 1.15 bits per heavy atom. The molecule has 0 aliphatic carbocycles. The second kappa shape index (κ2) is 11.2. The van der Waals surface area contributed by atoms with E-state index in [1.165, 1.54) is 16.3 Å². The van der Waals surface area contributed by atoms with Crippen LogP contribution >= 0.6 is 11.8 Å². The number of ether oxygens (including phenoxy) is 1. The van der Waals surface area contributed by atoms with Gasteiger partial charge in [0.25, 0.3) is 11.5 Å². The fourth-order valence-corrected chi connectivity index (χ4v) is 4.33. The number of fused-ring (bicyclic) bond motifs is 1. The number of ketones is 1. The number of aromatic nitrogens is 2. The number of amides is 1. The lowest BCUT2D eigenvalue weighted by Crippen LogP contribution is -2.26. The smallest absolute Gasteiger partial charge is 0.262 e. The number of rotatable bonds is 10. The van der Waals surface area contributed by atoms with Gasteiger partial charge in [-0.15, -0.1) is 0 Å². The van der Waals surface area contributed by atoms with Crippen molar-refractivity contribution >= 4 is 34.4 Å². The highest BCUT2D eigenvalue weighted by Gasteiger charge is 2.17. The Kier molecular flexibility index (Phi) is 8.41. The SMILES string of the molecule is CCCNC(=O)c1ccc2c(=O)n(CCOC)c(SCC(=O)c3cc(C)ccc3C)nc2c1. The van der Waals surface area contributed by atoms with Gasteiger partial charge in [0.15, 0.2) is 10.9 Å². The molecule has 0 spiro atoms. The van der Waals surface area contributed by atoms with Crippen LogP contribution in [-0.4, -0.2) is 47.3 Å². The van der Waals surface area contributed by atoms with Crippen LogP contribution < -0.4 is 10.9 Å². The van der Waals surface area contributed by atoms with Gasteiger partial charge in [0.05, 0.1) is 29.8 Å². The third-order valence-corrected chi connectivity index (χ3v) is 6.24. The Labute approximate surface area is 197 Å². The molecule has 0 saturated carbocycles. The molecular weight excluding hydrogens is 438 g/mol. The predicted molar refractivity (Wildman–Crippen MR) is 131 cm³/mol. The van der Waals surface area contributed by atoms with Crippen molar-refractivity contribution in [2.45, 2.75) is 38.9 Å². The fraction of sp³-hybridized carbons (Fsp3) is 0.360. The molecule has 1 amide bonds. The average molecular weight is 468 g/mol. The summed E-state index contributed by atoms with van der Waals surface area (Å²) in [5, 5.41) is 3.68. The standard InChI is InChI=1S/C25H29N3O4S/c1-5-10-26-23(30)18-8-9-19-21(14-18)27-25(28(24(19)31)11-12-32-4)33-15-22(29)20-13-16(2)6-7-17(20)3/h6-9,13-14H,5,10-12,15H2,1-4H3,(H,26,30). The number of benzene rings is 2. The Bertz CT molecular complexity index is 1240. The number of carbonyl (C=O) groups excluding carboxylic acids is 2. The van der Waals surface area contributed by atoms with Gasteiger partial charge in [-0.25, -0.2) is 4.98 Å².